The Kier molecular flexibility index (Phi) is 4.02. The Labute approximate surface area is 157 Å². The lowest BCUT2D eigenvalue weighted by atomic mass is 10.0. The number of fused-ring (bicyclic) bond motifs is 2. The van der Waals surface area contributed by atoms with E-state index in [0.29, 0.717) is 35.8 Å². The molecule has 0 saturated carbocycles. The Balaban J connectivity index is 1.48. The summed E-state index contributed by atoms with van der Waals surface area (Å²) in [6.07, 6.45) is 2.43. The average molecular weight is 365 g/mol. The molecule has 7 heteroatoms. The number of hydrogen-bond acceptors (Lipinski definition) is 5. The molecule has 0 spiro atoms. The number of benzene rings is 1. The van der Waals surface area contributed by atoms with Gasteiger partial charge in [0.25, 0.3) is 5.91 Å². The zero-order valence-corrected chi connectivity index (χ0v) is 15.7. The predicted molar refractivity (Wildman–Crippen MR) is 104 cm³/mol. The highest BCUT2D eigenvalue weighted by molar-refractivity contribution is 5.96. The van der Waals surface area contributed by atoms with Gasteiger partial charge in [0.05, 0.1) is 5.56 Å². The van der Waals surface area contributed by atoms with Crippen LogP contribution in [0.1, 0.15) is 42.3 Å². The lowest BCUT2D eigenvalue weighted by Gasteiger charge is -2.16. The molecule has 1 amide bonds. The van der Waals surface area contributed by atoms with Crippen LogP contribution in [-0.4, -0.2) is 26.0 Å². The van der Waals surface area contributed by atoms with E-state index >= 15 is 0 Å². The minimum Gasteiger partial charge on any atom is -0.487 e. The van der Waals surface area contributed by atoms with Crippen LogP contribution in [0, 0.1) is 0 Å². The lowest BCUT2D eigenvalue weighted by Crippen LogP contribution is -2.24. The molecule has 3 aromatic rings. The van der Waals surface area contributed by atoms with E-state index in [1.807, 2.05) is 23.6 Å². The van der Waals surface area contributed by atoms with Gasteiger partial charge in [-0.2, -0.15) is 0 Å². The van der Waals surface area contributed by atoms with Gasteiger partial charge in [0.15, 0.2) is 5.65 Å². The summed E-state index contributed by atoms with van der Waals surface area (Å²) in [5, 5.41) is 2.94. The van der Waals surface area contributed by atoms with E-state index in [9.17, 15) is 4.79 Å². The second-order valence-electron chi connectivity index (χ2n) is 7.44. The Morgan fingerprint density at radius 3 is 2.96 bits per heavy atom. The molecule has 3 heterocycles. The van der Waals surface area contributed by atoms with E-state index in [-0.39, 0.29) is 11.5 Å². The number of nitrogen functional groups attached to an aromatic ring is 1. The molecule has 27 heavy (non-hydrogen) atoms. The lowest BCUT2D eigenvalue weighted by molar-refractivity contribution is 0.0950. The van der Waals surface area contributed by atoms with Crippen LogP contribution in [0.15, 0.2) is 30.5 Å². The Hall–Kier alpha value is -3.09. The van der Waals surface area contributed by atoms with Crippen LogP contribution in [-0.2, 0) is 19.5 Å². The van der Waals surface area contributed by atoms with E-state index in [1.165, 1.54) is 5.56 Å². The Bertz CT molecular complexity index is 1040. The van der Waals surface area contributed by atoms with Gasteiger partial charge in [0, 0.05) is 25.7 Å². The van der Waals surface area contributed by atoms with Crippen molar-refractivity contribution in [3.63, 3.8) is 0 Å². The van der Waals surface area contributed by atoms with Crippen molar-refractivity contribution in [1.29, 1.82) is 0 Å². The minimum atomic E-state index is -0.189. The first kappa shape index (κ1) is 17.3. The van der Waals surface area contributed by atoms with Gasteiger partial charge in [-0.3, -0.25) is 9.36 Å². The first-order valence-electron chi connectivity index (χ1n) is 9.07. The second kappa shape index (κ2) is 6.26. The number of nitrogens with one attached hydrogen (secondary N) is 1. The third kappa shape index (κ3) is 3.20. The number of ether oxygens (including phenoxy) is 1. The summed E-state index contributed by atoms with van der Waals surface area (Å²) < 4.78 is 7.70. The molecule has 1 aliphatic rings. The minimum absolute atomic E-state index is 0.172. The maximum Gasteiger partial charge on any atom is 0.253 e. The number of pyridine rings is 1. The van der Waals surface area contributed by atoms with Crippen LogP contribution in [0.25, 0.3) is 11.2 Å². The highest BCUT2D eigenvalue weighted by Crippen LogP contribution is 2.35. The van der Waals surface area contributed by atoms with Crippen LogP contribution in [0.2, 0.25) is 0 Å². The van der Waals surface area contributed by atoms with Crippen molar-refractivity contribution in [3.8, 4) is 5.75 Å². The topological polar surface area (TPSA) is 95.1 Å². The maximum atomic E-state index is 12.5. The Morgan fingerprint density at radius 1 is 1.37 bits per heavy atom. The van der Waals surface area contributed by atoms with E-state index in [4.69, 9.17) is 10.5 Å². The number of imidazole rings is 1. The number of nitrogens with zero attached hydrogens (tertiary/aromatic N) is 3. The summed E-state index contributed by atoms with van der Waals surface area (Å²) in [6.45, 7) is 7.24. The first-order valence-corrected chi connectivity index (χ1v) is 9.07. The fourth-order valence-corrected chi connectivity index (χ4v) is 3.52. The molecule has 4 rings (SSSR count). The number of hydrogen-bond donors (Lipinski definition) is 2. The van der Waals surface area contributed by atoms with Gasteiger partial charge in [0.2, 0.25) is 5.95 Å². The largest absolute Gasteiger partial charge is 0.487 e. The predicted octanol–water partition coefficient (Wildman–Crippen LogP) is 2.68. The van der Waals surface area contributed by atoms with E-state index in [2.05, 4.69) is 35.2 Å². The van der Waals surface area contributed by atoms with Gasteiger partial charge in [0.1, 0.15) is 16.9 Å². The van der Waals surface area contributed by atoms with Crippen molar-refractivity contribution >= 4 is 23.0 Å². The molecule has 0 atom stereocenters. The van der Waals surface area contributed by atoms with Gasteiger partial charge < -0.3 is 15.8 Å². The monoisotopic (exact) mass is 365 g/mol. The molecule has 0 fully saturated rings. The number of rotatable bonds is 4. The molecule has 1 aromatic carbocycles. The Morgan fingerprint density at radius 2 is 2.19 bits per heavy atom. The molecule has 1 aliphatic heterocycles. The number of aryl methyl sites for hydroxylation is 1. The number of carbonyl (C=O) groups is 1. The molecule has 0 bridgehead atoms. The summed E-state index contributed by atoms with van der Waals surface area (Å²) in [5.74, 6) is 1.14. The van der Waals surface area contributed by atoms with Crippen molar-refractivity contribution in [3.05, 3.63) is 47.2 Å². The number of carbonyl (C=O) groups excluding carboxylic acids is 1. The zero-order chi connectivity index (χ0) is 19.2. The molecule has 2 aromatic heterocycles. The third-order valence-electron chi connectivity index (χ3n) is 4.77. The highest BCUT2D eigenvalue weighted by atomic mass is 16.5. The van der Waals surface area contributed by atoms with E-state index in [1.54, 1.807) is 12.3 Å². The van der Waals surface area contributed by atoms with Crippen LogP contribution < -0.4 is 15.8 Å². The molecule has 0 saturated heterocycles. The molecule has 0 unspecified atom stereocenters. The average Bonchev–Trinajstić information content (AvgIpc) is 3.11. The van der Waals surface area contributed by atoms with Crippen LogP contribution in [0.5, 0.6) is 5.75 Å². The second-order valence-corrected chi connectivity index (χ2v) is 7.44. The molecule has 3 N–H and O–H groups in total. The summed E-state index contributed by atoms with van der Waals surface area (Å²) in [5.41, 5.74) is 9.71. The molecular weight excluding hydrogens is 342 g/mol. The number of aromatic nitrogens is 3. The van der Waals surface area contributed by atoms with Crippen molar-refractivity contribution in [2.24, 2.45) is 0 Å². The fraction of sp³-hybridized carbons (Fsp3) is 0.350. The van der Waals surface area contributed by atoms with Gasteiger partial charge in [-0.1, -0.05) is 12.1 Å². The summed E-state index contributed by atoms with van der Waals surface area (Å²) >= 11 is 0. The maximum absolute atomic E-state index is 12.5. The molecule has 140 valence electrons. The molecule has 0 radical (unpaired) electrons. The van der Waals surface area contributed by atoms with Crippen molar-refractivity contribution < 1.29 is 9.53 Å². The normalized spacial score (nSPS) is 14.8. The van der Waals surface area contributed by atoms with Crippen molar-refractivity contribution in [2.45, 2.75) is 45.9 Å². The van der Waals surface area contributed by atoms with Crippen molar-refractivity contribution in [1.82, 2.24) is 19.9 Å². The van der Waals surface area contributed by atoms with Crippen molar-refractivity contribution in [2.75, 3.05) is 5.73 Å². The number of amides is 1. The first-order chi connectivity index (χ1) is 12.9. The van der Waals surface area contributed by atoms with Crippen LogP contribution in [0.3, 0.4) is 0 Å². The van der Waals surface area contributed by atoms with Gasteiger partial charge >= 0.3 is 0 Å². The zero-order valence-electron chi connectivity index (χ0n) is 15.7. The van der Waals surface area contributed by atoms with Crippen LogP contribution >= 0.6 is 0 Å². The van der Waals surface area contributed by atoms with Gasteiger partial charge in [-0.05, 0) is 44.0 Å². The third-order valence-corrected chi connectivity index (χ3v) is 4.77. The van der Waals surface area contributed by atoms with Crippen LogP contribution in [0.4, 0.5) is 5.95 Å². The van der Waals surface area contributed by atoms with Gasteiger partial charge in [-0.15, -0.1) is 0 Å². The van der Waals surface area contributed by atoms with Gasteiger partial charge in [-0.25, -0.2) is 9.97 Å². The SMILES string of the molecule is CCn1c(N)nc2cc(C(=O)NCc3ccc4c(c3)CC(C)(C)O4)cnc21. The number of anilines is 1. The fourth-order valence-electron chi connectivity index (χ4n) is 3.52. The smallest absolute Gasteiger partial charge is 0.253 e. The molecule has 0 aliphatic carbocycles. The molecular formula is C20H23N5O2. The summed E-state index contributed by atoms with van der Waals surface area (Å²) in [6, 6.07) is 7.76. The summed E-state index contributed by atoms with van der Waals surface area (Å²) in [7, 11) is 0. The van der Waals surface area contributed by atoms with E-state index < -0.39 is 0 Å². The highest BCUT2D eigenvalue weighted by Gasteiger charge is 2.29. The van der Waals surface area contributed by atoms with E-state index in [0.717, 1.165) is 17.7 Å². The quantitative estimate of drug-likeness (QED) is 0.741. The standard InChI is InChI=1S/C20H23N5O2/c1-4-25-17-15(24-19(25)21)8-14(11-22-17)18(26)23-10-12-5-6-16-13(7-12)9-20(2,3)27-16/h5-8,11H,4,9-10H2,1-3H3,(H2,21,24)(H,23,26). The summed E-state index contributed by atoms with van der Waals surface area (Å²) in [4.78, 5) is 21.2. The molecule has 7 nitrogen and oxygen atoms in total. The number of nitrogens with two attached hydrogens (primary N) is 1.